The molecule has 2 aliphatic heterocycles. The van der Waals surface area contributed by atoms with Gasteiger partial charge in [0.05, 0.1) is 0 Å². The van der Waals surface area contributed by atoms with E-state index in [0.29, 0.717) is 12.0 Å². The summed E-state index contributed by atoms with van der Waals surface area (Å²) in [6, 6.07) is 0.330. The van der Waals surface area contributed by atoms with E-state index in [-0.39, 0.29) is 36.6 Å². The summed E-state index contributed by atoms with van der Waals surface area (Å²) < 4.78 is 0. The molecule has 0 aromatic rings. The van der Waals surface area contributed by atoms with Crippen molar-refractivity contribution in [3.05, 3.63) is 0 Å². The number of nitrogens with one attached hydrogen (secondary N) is 2. The molecule has 2 saturated heterocycles. The van der Waals surface area contributed by atoms with Crippen LogP contribution in [0.4, 0.5) is 0 Å². The number of hydrogen-bond donors (Lipinski definition) is 2. The van der Waals surface area contributed by atoms with Crippen LogP contribution in [-0.4, -0.2) is 50.1 Å². The molecule has 114 valence electrons. The zero-order valence-corrected chi connectivity index (χ0v) is 13.5. The van der Waals surface area contributed by atoms with E-state index in [1.807, 2.05) is 0 Å². The average molecular weight is 312 g/mol. The molecule has 0 aliphatic carbocycles. The topological polar surface area (TPSA) is 44.4 Å². The van der Waals surface area contributed by atoms with Crippen molar-refractivity contribution in [1.82, 2.24) is 15.5 Å². The van der Waals surface area contributed by atoms with Gasteiger partial charge in [-0.05, 0) is 51.9 Å². The van der Waals surface area contributed by atoms with Gasteiger partial charge >= 0.3 is 0 Å². The van der Waals surface area contributed by atoms with Crippen LogP contribution in [0.25, 0.3) is 0 Å². The molecular weight excluding hydrogens is 285 g/mol. The van der Waals surface area contributed by atoms with Crippen molar-refractivity contribution in [3.8, 4) is 0 Å². The van der Waals surface area contributed by atoms with Crippen molar-refractivity contribution >= 4 is 30.7 Å². The van der Waals surface area contributed by atoms with E-state index in [2.05, 4.69) is 29.5 Å². The minimum absolute atomic E-state index is 0. The molecule has 19 heavy (non-hydrogen) atoms. The number of amides is 1. The monoisotopic (exact) mass is 311 g/mol. The maximum Gasteiger partial charge on any atom is 0.223 e. The van der Waals surface area contributed by atoms with Gasteiger partial charge in [-0.1, -0.05) is 6.92 Å². The summed E-state index contributed by atoms with van der Waals surface area (Å²) in [4.78, 5) is 14.5. The number of hydrogen-bond acceptors (Lipinski definition) is 3. The molecule has 0 spiro atoms. The van der Waals surface area contributed by atoms with E-state index in [9.17, 15) is 4.79 Å². The van der Waals surface area contributed by atoms with Gasteiger partial charge in [-0.15, -0.1) is 24.8 Å². The van der Waals surface area contributed by atoms with Gasteiger partial charge in [0.1, 0.15) is 0 Å². The quantitative estimate of drug-likeness (QED) is 0.807. The normalized spacial score (nSPS) is 28.9. The van der Waals surface area contributed by atoms with Gasteiger partial charge in [-0.3, -0.25) is 4.79 Å². The van der Waals surface area contributed by atoms with E-state index in [0.717, 1.165) is 39.0 Å². The number of rotatable bonds is 2. The predicted octanol–water partition coefficient (Wildman–Crippen LogP) is 1.29. The molecule has 0 aromatic heterocycles. The first-order valence-electron chi connectivity index (χ1n) is 6.86. The van der Waals surface area contributed by atoms with Crippen molar-refractivity contribution in [1.29, 1.82) is 0 Å². The van der Waals surface area contributed by atoms with Crippen molar-refractivity contribution in [2.24, 2.45) is 11.8 Å². The standard InChI is InChI=1S/C13H25N3O.2ClH/c1-10-3-6-14-9-12(10)15-13(17)11-4-7-16(2)8-5-11;;/h10-12,14H,3-9H2,1-2H3,(H,15,17);2*1H. The number of halogens is 2. The SMILES string of the molecule is CC1CCNCC1NC(=O)C1CCN(C)CC1.Cl.Cl. The van der Waals surface area contributed by atoms with Gasteiger partial charge in [0.2, 0.25) is 5.91 Å². The molecule has 1 amide bonds. The zero-order valence-electron chi connectivity index (χ0n) is 11.9. The maximum absolute atomic E-state index is 12.2. The second-order valence-electron chi connectivity index (χ2n) is 5.66. The van der Waals surface area contributed by atoms with Crippen molar-refractivity contribution < 1.29 is 4.79 Å². The lowest BCUT2D eigenvalue weighted by atomic mass is 9.92. The van der Waals surface area contributed by atoms with E-state index < -0.39 is 0 Å². The molecule has 0 aromatic carbocycles. The van der Waals surface area contributed by atoms with Gasteiger partial charge in [0.15, 0.2) is 0 Å². The van der Waals surface area contributed by atoms with Crippen LogP contribution < -0.4 is 10.6 Å². The van der Waals surface area contributed by atoms with Crippen molar-refractivity contribution in [2.45, 2.75) is 32.2 Å². The molecule has 6 heteroatoms. The average Bonchev–Trinajstić information content (AvgIpc) is 2.33. The zero-order chi connectivity index (χ0) is 12.3. The first-order valence-corrected chi connectivity index (χ1v) is 6.86. The van der Waals surface area contributed by atoms with E-state index in [1.165, 1.54) is 6.42 Å². The van der Waals surface area contributed by atoms with E-state index in [1.54, 1.807) is 0 Å². The number of carbonyl (C=O) groups is 1. The van der Waals surface area contributed by atoms with E-state index >= 15 is 0 Å². The highest BCUT2D eigenvalue weighted by molar-refractivity contribution is 5.85. The third kappa shape index (κ3) is 5.46. The fraction of sp³-hybridized carbons (Fsp3) is 0.923. The van der Waals surface area contributed by atoms with Gasteiger partial charge < -0.3 is 15.5 Å². The lowest BCUT2D eigenvalue weighted by Gasteiger charge is -2.33. The molecule has 2 aliphatic rings. The third-order valence-corrected chi connectivity index (χ3v) is 4.24. The van der Waals surface area contributed by atoms with Crippen LogP contribution in [0.2, 0.25) is 0 Å². The molecular formula is C13H27Cl2N3O. The Morgan fingerprint density at radius 3 is 2.42 bits per heavy atom. The Hall–Kier alpha value is -0.0300. The summed E-state index contributed by atoms with van der Waals surface area (Å²) in [7, 11) is 2.13. The Bertz CT molecular complexity index is 271. The summed E-state index contributed by atoms with van der Waals surface area (Å²) in [6.07, 6.45) is 3.19. The van der Waals surface area contributed by atoms with Crippen LogP contribution in [0, 0.1) is 11.8 Å². The molecule has 2 fully saturated rings. The summed E-state index contributed by atoms with van der Waals surface area (Å²) in [5.41, 5.74) is 0. The fourth-order valence-electron chi connectivity index (χ4n) is 2.75. The van der Waals surface area contributed by atoms with Crippen LogP contribution >= 0.6 is 24.8 Å². The molecule has 0 radical (unpaired) electrons. The molecule has 2 heterocycles. The molecule has 2 atom stereocenters. The Morgan fingerprint density at radius 1 is 1.21 bits per heavy atom. The molecule has 4 nitrogen and oxygen atoms in total. The molecule has 2 N–H and O–H groups in total. The lowest BCUT2D eigenvalue weighted by Crippen LogP contribution is -2.52. The summed E-state index contributed by atoms with van der Waals surface area (Å²) in [5.74, 6) is 1.12. The maximum atomic E-state index is 12.2. The van der Waals surface area contributed by atoms with Crippen LogP contribution in [0.1, 0.15) is 26.2 Å². The first kappa shape index (κ1) is 19.0. The Labute approximate surface area is 128 Å². The smallest absolute Gasteiger partial charge is 0.223 e. The first-order chi connectivity index (χ1) is 8.16. The largest absolute Gasteiger partial charge is 0.352 e. The highest BCUT2D eigenvalue weighted by Gasteiger charge is 2.28. The fourth-order valence-corrected chi connectivity index (χ4v) is 2.75. The van der Waals surface area contributed by atoms with Crippen LogP contribution in [0.3, 0.4) is 0 Å². The second-order valence-corrected chi connectivity index (χ2v) is 5.66. The summed E-state index contributed by atoms with van der Waals surface area (Å²) in [6.45, 7) is 6.36. The van der Waals surface area contributed by atoms with E-state index in [4.69, 9.17) is 0 Å². The molecule has 0 bridgehead atoms. The third-order valence-electron chi connectivity index (χ3n) is 4.24. The number of carbonyl (C=O) groups excluding carboxylic acids is 1. The lowest BCUT2D eigenvalue weighted by molar-refractivity contribution is -0.127. The molecule has 2 unspecified atom stereocenters. The van der Waals surface area contributed by atoms with Gasteiger partial charge in [-0.2, -0.15) is 0 Å². The Morgan fingerprint density at radius 2 is 1.84 bits per heavy atom. The highest BCUT2D eigenvalue weighted by Crippen LogP contribution is 2.18. The van der Waals surface area contributed by atoms with Crippen molar-refractivity contribution in [3.63, 3.8) is 0 Å². The van der Waals surface area contributed by atoms with Crippen molar-refractivity contribution in [2.75, 3.05) is 33.2 Å². The summed E-state index contributed by atoms with van der Waals surface area (Å²) >= 11 is 0. The number of piperidine rings is 2. The Balaban J connectivity index is 0.00000162. The van der Waals surface area contributed by atoms with Crippen LogP contribution in [0.15, 0.2) is 0 Å². The number of likely N-dealkylation sites (tertiary alicyclic amines) is 1. The minimum Gasteiger partial charge on any atom is -0.352 e. The Kier molecular flexibility index (Phi) is 8.99. The van der Waals surface area contributed by atoms with Crippen LogP contribution in [0.5, 0.6) is 0 Å². The van der Waals surface area contributed by atoms with Gasteiger partial charge in [0.25, 0.3) is 0 Å². The van der Waals surface area contributed by atoms with Crippen LogP contribution in [-0.2, 0) is 4.79 Å². The van der Waals surface area contributed by atoms with Gasteiger partial charge in [0, 0.05) is 18.5 Å². The van der Waals surface area contributed by atoms with Gasteiger partial charge in [-0.25, -0.2) is 0 Å². The number of nitrogens with zero attached hydrogens (tertiary/aromatic N) is 1. The highest BCUT2D eigenvalue weighted by atomic mass is 35.5. The minimum atomic E-state index is 0. The summed E-state index contributed by atoms with van der Waals surface area (Å²) in [5, 5.41) is 6.59. The molecule has 0 saturated carbocycles. The second kappa shape index (κ2) is 9.01. The predicted molar refractivity (Wildman–Crippen MR) is 83.3 cm³/mol. The molecule has 2 rings (SSSR count).